The molecule has 0 unspecified atom stereocenters. The summed E-state index contributed by atoms with van der Waals surface area (Å²) in [5.41, 5.74) is 2.89. The Hall–Kier alpha value is -3.23. The first-order valence-electron chi connectivity index (χ1n) is 11.4. The quantitative estimate of drug-likeness (QED) is 0.465. The van der Waals surface area contributed by atoms with E-state index in [1.807, 2.05) is 52.3 Å². The van der Waals surface area contributed by atoms with E-state index in [1.165, 1.54) is 0 Å². The molecule has 1 N–H and O–H groups in total. The molecule has 0 spiro atoms. The molecule has 1 aromatic heterocycles. The summed E-state index contributed by atoms with van der Waals surface area (Å²) in [4.78, 5) is 14.5. The number of aromatic nitrogens is 2. The summed E-state index contributed by atoms with van der Waals surface area (Å²) in [6, 6.07) is 11.6. The highest BCUT2D eigenvalue weighted by Crippen LogP contribution is 2.36. The summed E-state index contributed by atoms with van der Waals surface area (Å²) in [5, 5.41) is 8.58. The fourth-order valence-electron chi connectivity index (χ4n) is 4.43. The van der Waals surface area contributed by atoms with E-state index in [9.17, 15) is 4.79 Å². The van der Waals surface area contributed by atoms with Gasteiger partial charge in [-0.05, 0) is 43.1 Å². The Morgan fingerprint density at radius 1 is 1.24 bits per heavy atom. The third kappa shape index (κ3) is 4.83. The number of halogens is 1. The number of benzene rings is 2. The number of hydrogen-bond acceptors (Lipinski definition) is 6. The van der Waals surface area contributed by atoms with Crippen LogP contribution in [0.15, 0.2) is 48.8 Å². The van der Waals surface area contributed by atoms with Crippen molar-refractivity contribution in [2.45, 2.75) is 38.4 Å². The smallest absolute Gasteiger partial charge is 0.231 e. The molecule has 9 heteroatoms. The summed E-state index contributed by atoms with van der Waals surface area (Å²) in [6.45, 7) is 2.19. The number of likely N-dealkylation sites (tertiary alicyclic amines) is 1. The van der Waals surface area contributed by atoms with Crippen molar-refractivity contribution < 1.29 is 19.0 Å². The zero-order chi connectivity index (χ0) is 23.5. The predicted octanol–water partition coefficient (Wildman–Crippen LogP) is 3.93. The average molecular weight is 483 g/mol. The molecule has 0 aliphatic carbocycles. The van der Waals surface area contributed by atoms with Gasteiger partial charge >= 0.3 is 0 Å². The second-order valence-electron chi connectivity index (χ2n) is 8.47. The molecule has 2 aromatic carbocycles. The van der Waals surface area contributed by atoms with Crippen LogP contribution in [0, 0.1) is 0 Å². The van der Waals surface area contributed by atoms with Crippen molar-refractivity contribution in [2.24, 2.45) is 0 Å². The number of hydrogen-bond donors (Lipinski definition) is 1. The van der Waals surface area contributed by atoms with E-state index in [2.05, 4.69) is 10.4 Å². The first-order chi connectivity index (χ1) is 16.6. The number of carbonyl (C=O) groups is 1. The van der Waals surface area contributed by atoms with Crippen LogP contribution in [0.4, 0.5) is 0 Å². The van der Waals surface area contributed by atoms with Crippen molar-refractivity contribution >= 4 is 17.5 Å². The van der Waals surface area contributed by atoms with Crippen LogP contribution in [-0.4, -0.2) is 47.1 Å². The van der Waals surface area contributed by atoms with Crippen molar-refractivity contribution in [2.75, 3.05) is 20.4 Å². The van der Waals surface area contributed by atoms with Gasteiger partial charge in [-0.3, -0.25) is 4.79 Å². The number of nitrogens with zero attached hydrogens (tertiary/aromatic N) is 3. The van der Waals surface area contributed by atoms with E-state index < -0.39 is 0 Å². The lowest BCUT2D eigenvalue weighted by molar-refractivity contribution is -0.129. The van der Waals surface area contributed by atoms with Crippen molar-refractivity contribution in [1.29, 1.82) is 0 Å². The van der Waals surface area contributed by atoms with Crippen LogP contribution >= 0.6 is 11.6 Å². The highest BCUT2D eigenvalue weighted by molar-refractivity contribution is 6.31. The summed E-state index contributed by atoms with van der Waals surface area (Å²) in [5.74, 6) is 2.38. The van der Waals surface area contributed by atoms with E-state index in [0.29, 0.717) is 30.3 Å². The fraction of sp³-hybridized carbons (Fsp3) is 0.360. The molecule has 3 aromatic rings. The lowest BCUT2D eigenvalue weighted by Crippen LogP contribution is -2.34. The molecule has 34 heavy (non-hydrogen) atoms. The van der Waals surface area contributed by atoms with Crippen LogP contribution in [0.2, 0.25) is 5.02 Å². The second-order valence-corrected chi connectivity index (χ2v) is 8.88. The number of nitrogens with one attached hydrogen (secondary N) is 1. The normalized spacial score (nSPS) is 16.9. The third-order valence-corrected chi connectivity index (χ3v) is 6.62. The van der Waals surface area contributed by atoms with Crippen LogP contribution in [0.3, 0.4) is 0 Å². The summed E-state index contributed by atoms with van der Waals surface area (Å²) < 4.78 is 17.9. The van der Waals surface area contributed by atoms with E-state index in [-0.39, 0.29) is 18.7 Å². The van der Waals surface area contributed by atoms with Gasteiger partial charge < -0.3 is 24.4 Å². The van der Waals surface area contributed by atoms with E-state index >= 15 is 0 Å². The van der Waals surface area contributed by atoms with Gasteiger partial charge in [-0.25, -0.2) is 4.68 Å². The Morgan fingerprint density at radius 3 is 2.94 bits per heavy atom. The molecule has 1 saturated heterocycles. The van der Waals surface area contributed by atoms with Gasteiger partial charge in [0.1, 0.15) is 5.75 Å². The van der Waals surface area contributed by atoms with Crippen molar-refractivity contribution in [1.82, 2.24) is 20.0 Å². The molecular formula is C25H27ClN4O4. The zero-order valence-corrected chi connectivity index (χ0v) is 19.8. The molecule has 2 aliphatic rings. The molecule has 178 valence electrons. The maximum absolute atomic E-state index is 12.6. The predicted molar refractivity (Wildman–Crippen MR) is 128 cm³/mol. The Labute approximate surface area is 203 Å². The lowest BCUT2D eigenvalue weighted by atomic mass is 10.1. The highest BCUT2D eigenvalue weighted by atomic mass is 35.5. The van der Waals surface area contributed by atoms with Crippen LogP contribution in [0.1, 0.15) is 30.4 Å². The molecule has 1 fully saturated rings. The Morgan fingerprint density at radius 2 is 2.09 bits per heavy atom. The molecule has 5 rings (SSSR count). The number of ether oxygens (including phenoxy) is 3. The van der Waals surface area contributed by atoms with Crippen molar-refractivity contribution in [3.05, 3.63) is 64.9 Å². The van der Waals surface area contributed by atoms with Gasteiger partial charge in [0.25, 0.3) is 0 Å². The number of amides is 1. The van der Waals surface area contributed by atoms with Gasteiger partial charge in [-0.15, -0.1) is 0 Å². The largest absolute Gasteiger partial charge is 0.497 e. The van der Waals surface area contributed by atoms with Gasteiger partial charge in [0.2, 0.25) is 12.7 Å². The molecular weight excluding hydrogens is 456 g/mol. The lowest BCUT2D eigenvalue weighted by Gasteiger charge is -2.24. The van der Waals surface area contributed by atoms with Gasteiger partial charge in [0.15, 0.2) is 11.5 Å². The van der Waals surface area contributed by atoms with E-state index in [4.69, 9.17) is 25.8 Å². The van der Waals surface area contributed by atoms with Crippen molar-refractivity contribution in [3.63, 3.8) is 0 Å². The number of methoxy groups -OCH3 is 1. The van der Waals surface area contributed by atoms with E-state index in [1.54, 1.807) is 13.2 Å². The third-order valence-electron chi connectivity index (χ3n) is 6.27. The van der Waals surface area contributed by atoms with E-state index in [0.717, 1.165) is 47.7 Å². The molecule has 0 saturated carbocycles. The standard InChI is InChI=1S/C25H27ClN4O4/c1-32-21-4-2-3-20(10-21)30-15-17(12-28-30)14-29-19(5-6-25(29)31)7-8-27-13-18-9-23-24(11-22(18)26)34-16-33-23/h2-4,9-12,15,19,27H,5-8,13-14,16H2,1H3/t19-/m1/s1. The van der Waals surface area contributed by atoms with Gasteiger partial charge in [0, 0.05) is 54.5 Å². The minimum atomic E-state index is 0.193. The average Bonchev–Trinajstić information content (AvgIpc) is 3.58. The molecule has 1 atom stereocenters. The summed E-state index contributed by atoms with van der Waals surface area (Å²) >= 11 is 6.37. The minimum Gasteiger partial charge on any atom is -0.497 e. The maximum Gasteiger partial charge on any atom is 0.231 e. The summed E-state index contributed by atoms with van der Waals surface area (Å²) in [7, 11) is 1.64. The Kier molecular flexibility index (Phi) is 6.60. The number of rotatable bonds is 9. The highest BCUT2D eigenvalue weighted by Gasteiger charge is 2.30. The maximum atomic E-state index is 12.6. The van der Waals surface area contributed by atoms with Crippen LogP contribution in [0.25, 0.3) is 5.69 Å². The monoisotopic (exact) mass is 482 g/mol. The van der Waals surface area contributed by atoms with Gasteiger partial charge in [0.05, 0.1) is 19.0 Å². The van der Waals surface area contributed by atoms with Crippen LogP contribution in [-0.2, 0) is 17.9 Å². The zero-order valence-electron chi connectivity index (χ0n) is 19.0. The number of carbonyl (C=O) groups excluding carboxylic acids is 1. The first kappa shape index (κ1) is 22.6. The number of fused-ring (bicyclic) bond motifs is 1. The first-order valence-corrected chi connectivity index (χ1v) is 11.7. The van der Waals surface area contributed by atoms with Gasteiger partial charge in [-0.1, -0.05) is 17.7 Å². The topological polar surface area (TPSA) is 77.9 Å². The Balaban J connectivity index is 1.16. The van der Waals surface area contributed by atoms with Gasteiger partial charge in [-0.2, -0.15) is 5.10 Å². The van der Waals surface area contributed by atoms with Crippen LogP contribution < -0.4 is 19.5 Å². The van der Waals surface area contributed by atoms with Crippen molar-refractivity contribution in [3.8, 4) is 22.9 Å². The van der Waals surface area contributed by atoms with Crippen LogP contribution in [0.5, 0.6) is 17.2 Å². The second kappa shape index (κ2) is 9.95. The minimum absolute atomic E-state index is 0.193. The molecule has 1 amide bonds. The summed E-state index contributed by atoms with van der Waals surface area (Å²) in [6.07, 6.45) is 6.12. The molecule has 3 heterocycles. The molecule has 2 aliphatic heterocycles. The molecule has 0 radical (unpaired) electrons. The SMILES string of the molecule is COc1cccc(-n2cc(CN3C(=O)CC[C@@H]3CCNCc3cc4c(cc3Cl)OCO4)cn2)c1. The molecule has 0 bridgehead atoms. The fourth-order valence-corrected chi connectivity index (χ4v) is 4.65. The molecule has 8 nitrogen and oxygen atoms in total. The Bertz CT molecular complexity index is 1180.